The molecule has 0 fully saturated rings. The highest BCUT2D eigenvalue weighted by Gasteiger charge is 2.29. The van der Waals surface area contributed by atoms with Gasteiger partial charge in [0.25, 0.3) is 5.91 Å². The van der Waals surface area contributed by atoms with Gasteiger partial charge in [-0.05, 0) is 51.2 Å². The van der Waals surface area contributed by atoms with Gasteiger partial charge >= 0.3 is 0 Å². The summed E-state index contributed by atoms with van der Waals surface area (Å²) in [5, 5.41) is 17.7. The largest absolute Gasteiger partial charge is 0.390 e. The number of benzene rings is 2. The molecule has 0 aliphatic carbocycles. The van der Waals surface area contributed by atoms with Gasteiger partial charge < -0.3 is 14.6 Å². The Kier molecular flexibility index (Phi) is 7.06. The molecule has 2 heterocycles. The van der Waals surface area contributed by atoms with Crippen LogP contribution in [-0.2, 0) is 11.3 Å². The zero-order valence-corrected chi connectivity index (χ0v) is 19.6. The highest BCUT2D eigenvalue weighted by Crippen LogP contribution is 2.28. The first-order valence-corrected chi connectivity index (χ1v) is 11.6. The van der Waals surface area contributed by atoms with Gasteiger partial charge in [0, 0.05) is 35.8 Å². The molecular weight excluding hydrogens is 412 g/mol. The molecule has 1 amide bonds. The average Bonchev–Trinajstić information content (AvgIpc) is 3.30. The van der Waals surface area contributed by atoms with Crippen LogP contribution in [-0.4, -0.2) is 52.4 Å². The summed E-state index contributed by atoms with van der Waals surface area (Å²) in [7, 11) is 2.05. The van der Waals surface area contributed by atoms with Gasteiger partial charge in [0.05, 0.1) is 23.1 Å². The molecule has 1 unspecified atom stereocenters. The number of unbranched alkanes of at least 4 members (excludes halogenated alkanes) is 1. The Morgan fingerprint density at radius 1 is 1.12 bits per heavy atom. The number of para-hydroxylation sites is 2. The van der Waals surface area contributed by atoms with Crippen molar-refractivity contribution in [3.63, 3.8) is 0 Å². The van der Waals surface area contributed by atoms with Crippen LogP contribution in [0.2, 0.25) is 0 Å². The molecule has 0 radical (unpaired) electrons. The summed E-state index contributed by atoms with van der Waals surface area (Å²) in [6, 6.07) is 17.6. The zero-order chi connectivity index (χ0) is 23.4. The molecule has 4 rings (SSSR count). The molecule has 1 N–H and O–H groups in total. The number of rotatable bonds is 9. The average molecular weight is 445 g/mol. The minimum Gasteiger partial charge on any atom is -0.390 e. The first kappa shape index (κ1) is 23.0. The van der Waals surface area contributed by atoms with Gasteiger partial charge in [-0.15, -0.1) is 0 Å². The summed E-state index contributed by atoms with van der Waals surface area (Å²) in [5.41, 5.74) is 4.02. The van der Waals surface area contributed by atoms with Crippen LogP contribution in [0.1, 0.15) is 32.3 Å². The van der Waals surface area contributed by atoms with Crippen molar-refractivity contribution in [2.75, 3.05) is 25.1 Å². The number of amides is 1. The number of hydrogen-bond acceptors (Lipinski definition) is 4. The summed E-state index contributed by atoms with van der Waals surface area (Å²) in [5.74, 6) is -0.131. The monoisotopic (exact) mass is 444 g/mol. The van der Waals surface area contributed by atoms with E-state index < -0.39 is 6.10 Å². The highest BCUT2D eigenvalue weighted by molar-refractivity contribution is 6.32. The van der Waals surface area contributed by atoms with Gasteiger partial charge in [-0.1, -0.05) is 49.7 Å². The SMILES string of the molecule is CCCCN(C)CC(O)Cn1cc(C=C2C(=O)N(c3ccccc3)N=C2C)c2ccccc21. The van der Waals surface area contributed by atoms with Crippen molar-refractivity contribution in [2.24, 2.45) is 5.10 Å². The topological polar surface area (TPSA) is 61.1 Å². The van der Waals surface area contributed by atoms with Crippen molar-refractivity contribution < 1.29 is 9.90 Å². The lowest BCUT2D eigenvalue weighted by atomic mass is 10.1. The third kappa shape index (κ3) is 5.07. The lowest BCUT2D eigenvalue weighted by Crippen LogP contribution is -2.32. The Morgan fingerprint density at radius 2 is 1.85 bits per heavy atom. The first-order chi connectivity index (χ1) is 16.0. The predicted molar refractivity (Wildman–Crippen MR) is 135 cm³/mol. The highest BCUT2D eigenvalue weighted by atomic mass is 16.3. The third-order valence-electron chi connectivity index (χ3n) is 6.01. The van der Waals surface area contributed by atoms with Crippen LogP contribution in [0.15, 0.2) is 71.5 Å². The fraction of sp³-hybridized carbons (Fsp3) is 0.333. The fourth-order valence-electron chi connectivity index (χ4n) is 4.29. The Hall–Kier alpha value is -3.22. The van der Waals surface area contributed by atoms with Crippen LogP contribution in [0.5, 0.6) is 0 Å². The van der Waals surface area contributed by atoms with E-state index in [1.54, 1.807) is 0 Å². The number of anilines is 1. The molecule has 0 bridgehead atoms. The van der Waals surface area contributed by atoms with Gasteiger partial charge in [-0.25, -0.2) is 0 Å². The van der Waals surface area contributed by atoms with E-state index in [4.69, 9.17) is 0 Å². The smallest absolute Gasteiger partial charge is 0.280 e. The molecular formula is C27H32N4O2. The summed E-state index contributed by atoms with van der Waals surface area (Å²) in [6.07, 6.45) is 5.74. The molecule has 2 aromatic carbocycles. The maximum absolute atomic E-state index is 13.1. The minimum absolute atomic E-state index is 0.131. The second kappa shape index (κ2) is 10.1. The number of hydrogen-bond donors (Lipinski definition) is 1. The number of aliphatic hydroxyl groups is 1. The number of carbonyl (C=O) groups excluding carboxylic acids is 1. The Balaban J connectivity index is 1.60. The predicted octanol–water partition coefficient (Wildman–Crippen LogP) is 4.54. The lowest BCUT2D eigenvalue weighted by Gasteiger charge is -2.21. The molecule has 0 saturated carbocycles. The van der Waals surface area contributed by atoms with Gasteiger partial charge in [0.15, 0.2) is 0 Å². The second-order valence-electron chi connectivity index (χ2n) is 8.72. The lowest BCUT2D eigenvalue weighted by molar-refractivity contribution is -0.114. The van der Waals surface area contributed by atoms with Gasteiger partial charge in [0.1, 0.15) is 0 Å². The minimum atomic E-state index is -0.479. The van der Waals surface area contributed by atoms with Gasteiger partial charge in [0.2, 0.25) is 0 Å². The first-order valence-electron chi connectivity index (χ1n) is 11.6. The number of carbonyl (C=O) groups is 1. The van der Waals surface area contributed by atoms with E-state index in [0.717, 1.165) is 41.5 Å². The van der Waals surface area contributed by atoms with E-state index >= 15 is 0 Å². The number of nitrogens with zero attached hydrogens (tertiary/aromatic N) is 4. The van der Waals surface area contributed by atoms with E-state index in [1.165, 1.54) is 5.01 Å². The molecule has 1 atom stereocenters. The number of likely N-dealkylation sites (N-methyl/N-ethyl adjacent to an activating group) is 1. The molecule has 6 nitrogen and oxygen atoms in total. The van der Waals surface area contributed by atoms with Crippen LogP contribution < -0.4 is 5.01 Å². The van der Waals surface area contributed by atoms with E-state index in [9.17, 15) is 9.90 Å². The summed E-state index contributed by atoms with van der Waals surface area (Å²) < 4.78 is 2.08. The van der Waals surface area contributed by atoms with E-state index in [1.807, 2.05) is 61.7 Å². The molecule has 0 spiro atoms. The van der Waals surface area contributed by atoms with Crippen LogP contribution in [0, 0.1) is 0 Å². The molecule has 1 aliphatic heterocycles. The molecule has 0 saturated heterocycles. The normalized spacial score (nSPS) is 16.3. The number of aliphatic hydroxyl groups excluding tert-OH is 1. The zero-order valence-electron chi connectivity index (χ0n) is 19.6. The second-order valence-corrected chi connectivity index (χ2v) is 8.72. The standard InChI is InChI=1S/C27H32N4O2/c1-4-5-15-29(3)18-23(32)19-30-17-21(24-13-9-10-14-26(24)30)16-25-20(2)28-31(27(25)33)22-11-7-6-8-12-22/h6-14,16-17,23,32H,4-5,15,18-19H2,1-3H3. The molecule has 172 valence electrons. The molecule has 6 heteroatoms. The van der Waals surface area contributed by atoms with Gasteiger partial charge in [-0.3, -0.25) is 4.79 Å². The van der Waals surface area contributed by atoms with Gasteiger partial charge in [-0.2, -0.15) is 10.1 Å². The van der Waals surface area contributed by atoms with E-state index in [0.29, 0.717) is 24.4 Å². The number of hydrazone groups is 1. The van der Waals surface area contributed by atoms with Crippen LogP contribution in [0.3, 0.4) is 0 Å². The van der Waals surface area contributed by atoms with Crippen LogP contribution in [0.4, 0.5) is 5.69 Å². The third-order valence-corrected chi connectivity index (χ3v) is 6.01. The summed E-state index contributed by atoms with van der Waals surface area (Å²) >= 11 is 0. The van der Waals surface area contributed by atoms with Crippen LogP contribution >= 0.6 is 0 Å². The van der Waals surface area contributed by atoms with Crippen molar-refractivity contribution in [1.29, 1.82) is 0 Å². The maximum atomic E-state index is 13.1. The maximum Gasteiger partial charge on any atom is 0.280 e. The van der Waals surface area contributed by atoms with Crippen molar-refractivity contribution in [1.82, 2.24) is 9.47 Å². The number of fused-ring (bicyclic) bond motifs is 1. The van der Waals surface area contributed by atoms with Crippen LogP contribution in [0.25, 0.3) is 17.0 Å². The van der Waals surface area contributed by atoms with E-state index in [2.05, 4.69) is 40.7 Å². The Labute approximate surface area is 195 Å². The number of aromatic nitrogens is 1. The Bertz CT molecular complexity index is 1180. The van der Waals surface area contributed by atoms with Crippen molar-refractivity contribution >= 4 is 34.3 Å². The molecule has 1 aromatic heterocycles. The summed E-state index contributed by atoms with van der Waals surface area (Å²) in [6.45, 7) is 6.14. The molecule has 1 aliphatic rings. The molecule has 3 aromatic rings. The fourth-order valence-corrected chi connectivity index (χ4v) is 4.29. The van der Waals surface area contributed by atoms with Crippen molar-refractivity contribution in [2.45, 2.75) is 39.3 Å². The molecule has 33 heavy (non-hydrogen) atoms. The van der Waals surface area contributed by atoms with Crippen molar-refractivity contribution in [3.8, 4) is 0 Å². The van der Waals surface area contributed by atoms with E-state index in [-0.39, 0.29) is 5.91 Å². The van der Waals surface area contributed by atoms with Crippen molar-refractivity contribution in [3.05, 3.63) is 71.9 Å². The summed E-state index contributed by atoms with van der Waals surface area (Å²) in [4.78, 5) is 15.3. The Morgan fingerprint density at radius 3 is 2.61 bits per heavy atom. The quantitative estimate of drug-likeness (QED) is 0.493.